The van der Waals surface area contributed by atoms with Gasteiger partial charge >= 0.3 is 0 Å². The summed E-state index contributed by atoms with van der Waals surface area (Å²) in [6.07, 6.45) is 5.91. The van der Waals surface area contributed by atoms with E-state index >= 15 is 0 Å². The van der Waals surface area contributed by atoms with Crippen molar-refractivity contribution in [2.24, 2.45) is 5.73 Å². The van der Waals surface area contributed by atoms with Gasteiger partial charge in [-0.3, -0.25) is 4.98 Å². The van der Waals surface area contributed by atoms with E-state index in [1.807, 2.05) is 16.7 Å². The monoisotopic (exact) mass is 295 g/mol. The Morgan fingerprint density at radius 3 is 2.85 bits per heavy atom. The molecule has 0 saturated carbocycles. The second-order valence-corrected chi connectivity index (χ2v) is 6.95. The van der Waals surface area contributed by atoms with Crippen molar-refractivity contribution in [3.8, 4) is 0 Å². The van der Waals surface area contributed by atoms with Gasteiger partial charge in [-0.25, -0.2) is 8.42 Å². The molecule has 2 aromatic rings. The number of nitrogens with two attached hydrogens (primary N) is 1. The standard InChI is InChI=1S/C14H21N3O2S/c1-2-3-4-10-20(18,19)13-11-17(9-7-15)12-6-5-8-16-14(12)13/h5-6,8,11H,2-4,7,9-10,15H2,1H3. The highest BCUT2D eigenvalue weighted by Crippen LogP contribution is 2.25. The van der Waals surface area contributed by atoms with Crippen LogP contribution in [0, 0.1) is 0 Å². The fourth-order valence-corrected chi connectivity index (χ4v) is 3.84. The van der Waals surface area contributed by atoms with Gasteiger partial charge in [-0.2, -0.15) is 0 Å². The normalized spacial score (nSPS) is 12.1. The van der Waals surface area contributed by atoms with Crippen molar-refractivity contribution in [3.05, 3.63) is 24.5 Å². The second-order valence-electron chi connectivity index (χ2n) is 4.87. The predicted molar refractivity (Wildman–Crippen MR) is 80.4 cm³/mol. The van der Waals surface area contributed by atoms with E-state index in [1.165, 1.54) is 0 Å². The zero-order valence-electron chi connectivity index (χ0n) is 11.7. The molecule has 110 valence electrons. The van der Waals surface area contributed by atoms with Gasteiger partial charge in [-0.15, -0.1) is 0 Å². The Morgan fingerprint density at radius 1 is 1.35 bits per heavy atom. The average molecular weight is 295 g/mol. The zero-order chi connectivity index (χ0) is 14.6. The lowest BCUT2D eigenvalue weighted by Gasteiger charge is -2.01. The third-order valence-electron chi connectivity index (χ3n) is 3.32. The van der Waals surface area contributed by atoms with Crippen molar-refractivity contribution in [1.29, 1.82) is 0 Å². The molecule has 2 aromatic heterocycles. The lowest BCUT2D eigenvalue weighted by atomic mass is 10.3. The fourth-order valence-electron chi connectivity index (χ4n) is 2.29. The van der Waals surface area contributed by atoms with Crippen molar-refractivity contribution in [2.45, 2.75) is 37.6 Å². The van der Waals surface area contributed by atoms with Crippen LogP contribution < -0.4 is 5.73 Å². The quantitative estimate of drug-likeness (QED) is 0.792. The third-order valence-corrected chi connectivity index (χ3v) is 5.12. The molecule has 2 N–H and O–H groups in total. The largest absolute Gasteiger partial charge is 0.344 e. The number of pyridine rings is 1. The summed E-state index contributed by atoms with van der Waals surface area (Å²) in [5.74, 6) is 0.180. The van der Waals surface area contributed by atoms with E-state index in [0.29, 0.717) is 29.9 Å². The molecule has 0 spiro atoms. The minimum atomic E-state index is -3.28. The maximum atomic E-state index is 12.5. The highest BCUT2D eigenvalue weighted by molar-refractivity contribution is 7.91. The molecule has 0 bridgehead atoms. The lowest BCUT2D eigenvalue weighted by molar-refractivity contribution is 0.591. The molecule has 0 aliphatic carbocycles. The van der Waals surface area contributed by atoms with E-state index in [9.17, 15) is 8.42 Å². The molecule has 0 amide bonds. The van der Waals surface area contributed by atoms with Crippen LogP contribution in [-0.2, 0) is 16.4 Å². The Kier molecular flexibility index (Phi) is 4.77. The van der Waals surface area contributed by atoms with Crippen molar-refractivity contribution >= 4 is 20.9 Å². The summed E-state index contributed by atoms with van der Waals surface area (Å²) >= 11 is 0. The molecule has 2 heterocycles. The molecule has 5 nitrogen and oxygen atoms in total. The smallest absolute Gasteiger partial charge is 0.182 e. The van der Waals surface area contributed by atoms with Crippen LogP contribution in [0.25, 0.3) is 11.0 Å². The van der Waals surface area contributed by atoms with E-state index < -0.39 is 9.84 Å². The zero-order valence-corrected chi connectivity index (χ0v) is 12.6. The molecule has 6 heteroatoms. The Morgan fingerprint density at radius 2 is 2.15 bits per heavy atom. The molecule has 2 rings (SSSR count). The molecule has 0 atom stereocenters. The van der Waals surface area contributed by atoms with Crippen LogP contribution in [0.3, 0.4) is 0 Å². The molecule has 20 heavy (non-hydrogen) atoms. The van der Waals surface area contributed by atoms with Gasteiger partial charge in [0.2, 0.25) is 0 Å². The Bertz CT molecular complexity index is 677. The number of nitrogens with zero attached hydrogens (tertiary/aromatic N) is 2. The number of hydrogen-bond acceptors (Lipinski definition) is 4. The number of fused-ring (bicyclic) bond motifs is 1. The summed E-state index contributed by atoms with van der Waals surface area (Å²) in [7, 11) is -3.28. The summed E-state index contributed by atoms with van der Waals surface area (Å²) in [6, 6.07) is 3.69. The summed E-state index contributed by atoms with van der Waals surface area (Å²) in [4.78, 5) is 4.57. The van der Waals surface area contributed by atoms with Gasteiger partial charge in [0, 0.05) is 25.5 Å². The Balaban J connectivity index is 2.43. The van der Waals surface area contributed by atoms with Gasteiger partial charge in [-0.1, -0.05) is 19.8 Å². The number of aromatic nitrogens is 2. The van der Waals surface area contributed by atoms with Crippen LogP contribution in [0.5, 0.6) is 0 Å². The first kappa shape index (κ1) is 15.0. The maximum Gasteiger partial charge on any atom is 0.182 e. The number of hydrogen-bond donors (Lipinski definition) is 1. The van der Waals surface area contributed by atoms with Crippen LogP contribution in [0.4, 0.5) is 0 Å². The molecular weight excluding hydrogens is 274 g/mol. The fraction of sp³-hybridized carbons (Fsp3) is 0.500. The number of sulfone groups is 1. The second kappa shape index (κ2) is 6.37. The average Bonchev–Trinajstić information content (AvgIpc) is 2.80. The maximum absolute atomic E-state index is 12.5. The molecule has 0 fully saturated rings. The minimum Gasteiger partial charge on any atom is -0.344 e. The van der Waals surface area contributed by atoms with E-state index in [4.69, 9.17) is 5.73 Å². The van der Waals surface area contributed by atoms with E-state index in [0.717, 1.165) is 18.4 Å². The SMILES string of the molecule is CCCCCS(=O)(=O)c1cn(CCN)c2cccnc12. The van der Waals surface area contributed by atoms with Gasteiger partial charge in [0.05, 0.1) is 11.3 Å². The third kappa shape index (κ3) is 3.02. The van der Waals surface area contributed by atoms with E-state index in [2.05, 4.69) is 11.9 Å². The van der Waals surface area contributed by atoms with Crippen LogP contribution in [0.1, 0.15) is 26.2 Å². The van der Waals surface area contributed by atoms with Gasteiger partial charge in [-0.05, 0) is 18.6 Å². The Hall–Kier alpha value is -1.40. The van der Waals surface area contributed by atoms with Crippen molar-refractivity contribution in [1.82, 2.24) is 9.55 Å². The number of unbranched alkanes of at least 4 members (excludes halogenated alkanes) is 2. The van der Waals surface area contributed by atoms with Gasteiger partial charge in [0.15, 0.2) is 9.84 Å². The summed E-state index contributed by atoms with van der Waals surface area (Å²) in [6.45, 7) is 3.11. The summed E-state index contributed by atoms with van der Waals surface area (Å²) < 4.78 is 26.8. The van der Waals surface area contributed by atoms with Crippen LogP contribution in [0.15, 0.2) is 29.4 Å². The van der Waals surface area contributed by atoms with Crippen LogP contribution in [0.2, 0.25) is 0 Å². The van der Waals surface area contributed by atoms with Crippen molar-refractivity contribution in [2.75, 3.05) is 12.3 Å². The van der Waals surface area contributed by atoms with Gasteiger partial charge in [0.25, 0.3) is 0 Å². The first-order chi connectivity index (χ1) is 9.60. The first-order valence-corrected chi connectivity index (χ1v) is 8.62. The van der Waals surface area contributed by atoms with Crippen molar-refractivity contribution < 1.29 is 8.42 Å². The Labute approximate surface area is 119 Å². The van der Waals surface area contributed by atoms with Gasteiger partial charge in [0.1, 0.15) is 10.4 Å². The van der Waals surface area contributed by atoms with Crippen LogP contribution in [-0.4, -0.2) is 30.3 Å². The highest BCUT2D eigenvalue weighted by Gasteiger charge is 2.21. The van der Waals surface area contributed by atoms with Crippen molar-refractivity contribution in [3.63, 3.8) is 0 Å². The van der Waals surface area contributed by atoms with Gasteiger partial charge < -0.3 is 10.3 Å². The summed E-state index contributed by atoms with van der Waals surface area (Å²) in [5.41, 5.74) is 6.96. The predicted octanol–water partition coefficient (Wildman–Crippen LogP) is 1.96. The minimum absolute atomic E-state index is 0.180. The molecular formula is C14H21N3O2S. The summed E-state index contributed by atoms with van der Waals surface area (Å²) in [5, 5.41) is 0. The molecule has 0 aromatic carbocycles. The lowest BCUT2D eigenvalue weighted by Crippen LogP contribution is -2.09. The molecule has 0 radical (unpaired) electrons. The highest BCUT2D eigenvalue weighted by atomic mass is 32.2. The molecule has 0 aliphatic rings. The van der Waals surface area contributed by atoms with Crippen LogP contribution >= 0.6 is 0 Å². The topological polar surface area (TPSA) is 78.0 Å². The first-order valence-electron chi connectivity index (χ1n) is 6.97. The molecule has 0 unspecified atom stereocenters. The van der Waals surface area contributed by atoms with E-state index in [1.54, 1.807) is 12.4 Å². The molecule has 0 aliphatic heterocycles. The molecule has 0 saturated heterocycles. The van der Waals surface area contributed by atoms with E-state index in [-0.39, 0.29) is 5.75 Å². The number of rotatable bonds is 7.